The second-order valence-electron chi connectivity index (χ2n) is 3.81. The molecule has 6 heteroatoms. The number of rotatable bonds is 1. The minimum atomic E-state index is -4.27. The van der Waals surface area contributed by atoms with Crippen LogP contribution in [0, 0.1) is 0 Å². The summed E-state index contributed by atoms with van der Waals surface area (Å²) in [5.41, 5.74) is -0.639. The maximum Gasteiger partial charge on any atom is 0.419 e. The number of aromatic nitrogens is 1. The Morgan fingerprint density at radius 3 is 2.38 bits per heavy atom. The molecular weight excluding hydrogens is 219 g/mol. The fraction of sp³-hybridized carbons (Fsp3) is 0.500. The van der Waals surface area contributed by atoms with Gasteiger partial charge in [0.25, 0.3) is 5.82 Å². The quantitative estimate of drug-likeness (QED) is 0.722. The molecular formula is C10H14F3N3+2. The minimum absolute atomic E-state index is 0.639. The predicted octanol–water partition coefficient (Wildman–Crippen LogP) is -0.0971. The van der Waals surface area contributed by atoms with Gasteiger partial charge in [-0.25, -0.2) is 4.98 Å². The molecule has 0 saturated carbocycles. The lowest BCUT2D eigenvalue weighted by molar-refractivity contribution is -0.656. The maximum atomic E-state index is 12.3. The molecule has 3 N–H and O–H groups in total. The van der Waals surface area contributed by atoms with E-state index in [4.69, 9.17) is 0 Å². The van der Waals surface area contributed by atoms with Crippen LogP contribution < -0.4 is 15.2 Å². The molecule has 0 atom stereocenters. The minimum Gasteiger partial charge on any atom is -0.340 e. The van der Waals surface area contributed by atoms with Crippen LogP contribution >= 0.6 is 0 Å². The number of alkyl halides is 3. The molecule has 1 saturated heterocycles. The lowest BCUT2D eigenvalue weighted by Gasteiger charge is -2.19. The van der Waals surface area contributed by atoms with E-state index < -0.39 is 11.7 Å². The summed E-state index contributed by atoms with van der Waals surface area (Å²) in [4.78, 5) is 4.76. The van der Waals surface area contributed by atoms with Crippen molar-refractivity contribution in [3.63, 3.8) is 0 Å². The zero-order valence-electron chi connectivity index (χ0n) is 8.72. The Hall–Kier alpha value is -1.30. The van der Waals surface area contributed by atoms with E-state index in [0.29, 0.717) is 0 Å². The van der Waals surface area contributed by atoms with Crippen molar-refractivity contribution < 1.29 is 23.5 Å². The molecule has 0 radical (unpaired) electrons. The van der Waals surface area contributed by atoms with Gasteiger partial charge in [-0.05, 0) is 6.07 Å². The van der Waals surface area contributed by atoms with Crippen LogP contribution in [0.25, 0.3) is 0 Å². The highest BCUT2D eigenvalue weighted by molar-refractivity contribution is 5.34. The first-order chi connectivity index (χ1) is 7.57. The first kappa shape index (κ1) is 11.2. The van der Waals surface area contributed by atoms with Crippen LogP contribution in [0.3, 0.4) is 0 Å². The molecule has 1 aromatic rings. The number of nitrogens with two attached hydrogens (primary N) is 1. The highest BCUT2D eigenvalue weighted by atomic mass is 19.4. The number of aromatic amines is 1. The molecule has 1 aliphatic heterocycles. The van der Waals surface area contributed by atoms with Crippen molar-refractivity contribution in [2.24, 2.45) is 0 Å². The average molecular weight is 233 g/mol. The lowest BCUT2D eigenvalue weighted by atomic mass is 10.2. The second kappa shape index (κ2) is 4.29. The van der Waals surface area contributed by atoms with Crippen LogP contribution in [0.4, 0.5) is 19.0 Å². The van der Waals surface area contributed by atoms with Gasteiger partial charge in [0, 0.05) is 6.07 Å². The van der Waals surface area contributed by atoms with Crippen molar-refractivity contribution in [3.8, 4) is 0 Å². The average Bonchev–Trinajstić information content (AvgIpc) is 2.29. The van der Waals surface area contributed by atoms with Gasteiger partial charge in [0.05, 0.1) is 5.56 Å². The van der Waals surface area contributed by atoms with Crippen LogP contribution in [0.1, 0.15) is 5.56 Å². The number of hydrogen-bond acceptors (Lipinski definition) is 1. The van der Waals surface area contributed by atoms with E-state index in [1.165, 1.54) is 6.07 Å². The zero-order chi connectivity index (χ0) is 11.6. The molecule has 2 rings (SSSR count). The molecule has 1 aliphatic rings. The molecule has 0 amide bonds. The van der Waals surface area contributed by atoms with E-state index in [0.717, 1.165) is 44.3 Å². The number of nitrogens with one attached hydrogen (secondary N) is 1. The van der Waals surface area contributed by atoms with Gasteiger partial charge in [0.15, 0.2) is 0 Å². The lowest BCUT2D eigenvalue weighted by Crippen LogP contribution is -2.90. The number of H-pyrrole nitrogens is 1. The van der Waals surface area contributed by atoms with E-state index in [-0.39, 0.29) is 0 Å². The second-order valence-corrected chi connectivity index (χ2v) is 3.81. The van der Waals surface area contributed by atoms with E-state index in [2.05, 4.69) is 15.2 Å². The maximum absolute atomic E-state index is 12.3. The van der Waals surface area contributed by atoms with E-state index in [1.807, 2.05) is 0 Å². The number of nitrogens with zero attached hydrogens (tertiary/aromatic N) is 1. The van der Waals surface area contributed by atoms with Crippen LogP contribution in [0.15, 0.2) is 18.3 Å². The van der Waals surface area contributed by atoms with Crippen molar-refractivity contribution in [2.75, 3.05) is 31.1 Å². The summed E-state index contributed by atoms with van der Waals surface area (Å²) in [6, 6.07) is 2.61. The van der Waals surface area contributed by atoms with Gasteiger partial charge in [0.1, 0.15) is 32.4 Å². The Morgan fingerprint density at radius 2 is 1.88 bits per heavy atom. The molecule has 1 aromatic heterocycles. The summed E-state index contributed by atoms with van der Waals surface area (Å²) in [6.45, 7) is 3.69. The number of quaternary nitrogens is 1. The van der Waals surface area contributed by atoms with E-state index in [9.17, 15) is 13.2 Å². The first-order valence-corrected chi connectivity index (χ1v) is 5.23. The van der Waals surface area contributed by atoms with E-state index in [1.54, 1.807) is 0 Å². The monoisotopic (exact) mass is 233 g/mol. The fourth-order valence-electron chi connectivity index (χ4n) is 1.78. The Bertz CT molecular complexity index is 341. The molecule has 0 aromatic carbocycles. The summed E-state index contributed by atoms with van der Waals surface area (Å²) >= 11 is 0. The molecule has 0 unspecified atom stereocenters. The molecule has 0 spiro atoms. The SMILES string of the molecule is FC(F)(F)c1ccc(N2CC[NH2+]CC2)[nH+]c1. The number of halogens is 3. The third kappa shape index (κ3) is 2.44. The van der Waals surface area contributed by atoms with Crippen LogP contribution in [0.2, 0.25) is 0 Å². The zero-order valence-corrected chi connectivity index (χ0v) is 8.72. The van der Waals surface area contributed by atoms with Gasteiger partial charge >= 0.3 is 6.18 Å². The Balaban J connectivity index is 2.12. The predicted molar refractivity (Wildman–Crippen MR) is 51.9 cm³/mol. The summed E-state index contributed by atoms with van der Waals surface area (Å²) in [5, 5.41) is 2.20. The molecule has 1 fully saturated rings. The third-order valence-electron chi connectivity index (χ3n) is 2.67. The van der Waals surface area contributed by atoms with Crippen molar-refractivity contribution >= 4 is 5.82 Å². The summed E-state index contributed by atoms with van der Waals surface area (Å²) < 4.78 is 37.0. The van der Waals surface area contributed by atoms with Crippen molar-refractivity contribution in [1.82, 2.24) is 0 Å². The number of hydrogen-bond donors (Lipinski definition) is 1. The highest BCUT2D eigenvalue weighted by Gasteiger charge is 2.32. The largest absolute Gasteiger partial charge is 0.419 e. The molecule has 2 heterocycles. The molecule has 16 heavy (non-hydrogen) atoms. The van der Waals surface area contributed by atoms with Gasteiger partial charge in [-0.3, -0.25) is 4.90 Å². The van der Waals surface area contributed by atoms with Gasteiger partial charge in [-0.15, -0.1) is 0 Å². The first-order valence-electron chi connectivity index (χ1n) is 5.23. The van der Waals surface area contributed by atoms with Gasteiger partial charge < -0.3 is 5.32 Å². The number of pyridine rings is 1. The summed E-state index contributed by atoms with van der Waals surface area (Å²) in [7, 11) is 0. The fourth-order valence-corrected chi connectivity index (χ4v) is 1.78. The van der Waals surface area contributed by atoms with Crippen molar-refractivity contribution in [2.45, 2.75) is 6.18 Å². The van der Waals surface area contributed by atoms with E-state index >= 15 is 0 Å². The van der Waals surface area contributed by atoms with Crippen LogP contribution in [-0.2, 0) is 6.18 Å². The molecule has 0 aliphatic carbocycles. The Kier molecular flexibility index (Phi) is 3.00. The Labute approximate surface area is 91.3 Å². The number of anilines is 1. The molecule has 88 valence electrons. The molecule has 3 nitrogen and oxygen atoms in total. The van der Waals surface area contributed by atoms with Gasteiger partial charge in [-0.1, -0.05) is 0 Å². The van der Waals surface area contributed by atoms with Gasteiger partial charge in [0.2, 0.25) is 0 Å². The van der Waals surface area contributed by atoms with Crippen LogP contribution in [0.5, 0.6) is 0 Å². The highest BCUT2D eigenvalue weighted by Crippen LogP contribution is 2.28. The van der Waals surface area contributed by atoms with Crippen molar-refractivity contribution in [3.05, 3.63) is 23.9 Å². The van der Waals surface area contributed by atoms with Crippen molar-refractivity contribution in [1.29, 1.82) is 0 Å². The van der Waals surface area contributed by atoms with Crippen LogP contribution in [-0.4, -0.2) is 26.2 Å². The topological polar surface area (TPSA) is 34.0 Å². The number of piperazine rings is 1. The third-order valence-corrected chi connectivity index (χ3v) is 2.67. The Morgan fingerprint density at radius 1 is 1.19 bits per heavy atom. The summed E-state index contributed by atoms with van der Waals surface area (Å²) in [5.74, 6) is 0.751. The summed E-state index contributed by atoms with van der Waals surface area (Å²) in [6.07, 6.45) is -3.25. The standard InChI is InChI=1S/C10H12F3N3/c11-10(12,13)8-1-2-9(15-7-8)16-5-3-14-4-6-16/h1-2,7,14H,3-6H2/p+2. The normalized spacial score (nSPS) is 17.6. The molecule has 0 bridgehead atoms. The van der Waals surface area contributed by atoms with Gasteiger partial charge in [-0.2, -0.15) is 13.2 Å². The smallest absolute Gasteiger partial charge is 0.340 e.